The first-order chi connectivity index (χ1) is 19.4. The first-order valence-corrected chi connectivity index (χ1v) is 17.5. The molecule has 0 saturated carbocycles. The smallest absolute Gasteiger partial charge is 0.220 e. The number of fused-ring (bicyclic) bond motifs is 10. The summed E-state index contributed by atoms with van der Waals surface area (Å²) in [7, 11) is -1.37. The van der Waals surface area contributed by atoms with Crippen molar-refractivity contribution in [1.82, 2.24) is 13.8 Å². The molecule has 0 aliphatic heterocycles. The molecule has 0 saturated heterocycles. The number of hydrogen-bond acceptors (Lipinski definition) is 1. The molecule has 3 nitrogen and oxygen atoms in total. The second-order valence-electron chi connectivity index (χ2n) is 12.2. The minimum atomic E-state index is -1.37. The molecular weight excluding hydrogens is 503 g/mol. The summed E-state index contributed by atoms with van der Waals surface area (Å²) < 4.78 is 4.76. The van der Waals surface area contributed by atoms with Crippen molar-refractivity contribution in [3.63, 3.8) is 0 Å². The predicted molar refractivity (Wildman–Crippen MR) is 173 cm³/mol. The van der Waals surface area contributed by atoms with Crippen molar-refractivity contribution >= 4 is 78.9 Å². The third kappa shape index (κ3) is 2.91. The fourth-order valence-corrected chi connectivity index (χ4v) is 7.82. The highest BCUT2D eigenvalue weighted by Gasteiger charge is 2.23. The monoisotopic (exact) mass is 529 g/mol. The van der Waals surface area contributed by atoms with Gasteiger partial charge in [0.1, 0.15) is 0 Å². The van der Waals surface area contributed by atoms with E-state index in [0.29, 0.717) is 0 Å². The summed E-state index contributed by atoms with van der Waals surface area (Å²) in [6.45, 7) is 7.22. The first-order valence-electron chi connectivity index (χ1n) is 14.0. The van der Waals surface area contributed by atoms with E-state index in [-0.39, 0.29) is 0 Å². The summed E-state index contributed by atoms with van der Waals surface area (Å²) in [5.74, 6) is 0.974. The van der Waals surface area contributed by atoms with Crippen molar-refractivity contribution in [2.24, 2.45) is 0 Å². The molecule has 0 radical (unpaired) electrons. The standard InChI is InChI=1S/C36H27N3Si/c1-40(2,3)28-14-12-22(13-15-28)27-17-30-29-16-23-8-4-6-10-25(23)19-32(29)39-35(30)34(21-27)38-33-20-26-11-7-5-9-24(26)18-31(33)37-36(38)39/h4-21H,1-3H3. The van der Waals surface area contributed by atoms with Crippen LogP contribution < -0.4 is 5.19 Å². The van der Waals surface area contributed by atoms with Crippen molar-refractivity contribution in [3.05, 3.63) is 109 Å². The number of aromatic nitrogens is 3. The van der Waals surface area contributed by atoms with Crippen LogP contribution in [0.4, 0.5) is 0 Å². The van der Waals surface area contributed by atoms with E-state index >= 15 is 0 Å². The summed E-state index contributed by atoms with van der Waals surface area (Å²) in [5, 5.41) is 9.01. The van der Waals surface area contributed by atoms with E-state index < -0.39 is 8.07 Å². The van der Waals surface area contributed by atoms with Crippen molar-refractivity contribution in [1.29, 1.82) is 0 Å². The van der Waals surface area contributed by atoms with Crippen molar-refractivity contribution in [3.8, 4) is 11.1 Å². The average Bonchev–Trinajstić information content (AvgIpc) is 3.59. The highest BCUT2D eigenvalue weighted by molar-refractivity contribution is 6.88. The SMILES string of the molecule is C[Si](C)(C)c1ccc(-c2cc3c4cc5ccccc5cc4n4c3c(c2)n2c3cc5ccccc5cc3nc24)cc1. The summed E-state index contributed by atoms with van der Waals surface area (Å²) in [4.78, 5) is 5.26. The topological polar surface area (TPSA) is 21.7 Å². The summed E-state index contributed by atoms with van der Waals surface area (Å²) in [6.07, 6.45) is 0. The van der Waals surface area contributed by atoms with Crippen LogP contribution in [0.25, 0.3) is 76.8 Å². The largest absolute Gasteiger partial charge is 0.277 e. The molecule has 6 aromatic carbocycles. The van der Waals surface area contributed by atoms with Crippen LogP contribution in [0.15, 0.2) is 109 Å². The maximum Gasteiger partial charge on any atom is 0.220 e. The molecule has 190 valence electrons. The van der Waals surface area contributed by atoms with Gasteiger partial charge in [-0.15, -0.1) is 0 Å². The van der Waals surface area contributed by atoms with Gasteiger partial charge in [-0.05, 0) is 69.1 Å². The molecule has 0 unspecified atom stereocenters. The van der Waals surface area contributed by atoms with Gasteiger partial charge in [0.15, 0.2) is 0 Å². The van der Waals surface area contributed by atoms with Gasteiger partial charge in [-0.3, -0.25) is 8.80 Å². The highest BCUT2D eigenvalue weighted by atomic mass is 28.3. The number of rotatable bonds is 2. The number of benzene rings is 6. The minimum Gasteiger partial charge on any atom is -0.277 e. The fraction of sp³-hybridized carbons (Fsp3) is 0.0833. The molecule has 0 aliphatic carbocycles. The van der Waals surface area contributed by atoms with E-state index in [1.165, 1.54) is 65.2 Å². The Labute approximate surface area is 232 Å². The Hall–Kier alpha value is -4.67. The number of hydrogen-bond donors (Lipinski definition) is 0. The lowest BCUT2D eigenvalue weighted by atomic mass is 10.0. The van der Waals surface area contributed by atoms with Gasteiger partial charge in [0.05, 0.1) is 35.7 Å². The van der Waals surface area contributed by atoms with Crippen molar-refractivity contribution < 1.29 is 0 Å². The molecule has 0 atom stereocenters. The Bertz CT molecular complexity index is 2450. The summed E-state index contributed by atoms with van der Waals surface area (Å²) >= 11 is 0. The van der Waals surface area contributed by atoms with E-state index in [2.05, 4.69) is 138 Å². The van der Waals surface area contributed by atoms with Crippen molar-refractivity contribution in [2.45, 2.75) is 19.6 Å². The third-order valence-electron chi connectivity index (χ3n) is 8.74. The first kappa shape index (κ1) is 22.2. The molecule has 3 heterocycles. The number of nitrogens with zero attached hydrogens (tertiary/aromatic N) is 3. The van der Waals surface area contributed by atoms with Crippen LogP contribution >= 0.6 is 0 Å². The fourth-order valence-electron chi connectivity index (χ4n) is 6.65. The quantitative estimate of drug-likeness (QED) is 0.205. The molecular formula is C36H27N3Si. The van der Waals surface area contributed by atoms with Gasteiger partial charge in [0, 0.05) is 10.8 Å². The zero-order chi connectivity index (χ0) is 26.7. The molecule has 9 rings (SSSR count). The molecule has 40 heavy (non-hydrogen) atoms. The molecule has 0 N–H and O–H groups in total. The Kier molecular flexibility index (Phi) is 4.15. The van der Waals surface area contributed by atoms with E-state index in [4.69, 9.17) is 4.98 Å². The molecule has 0 fully saturated rings. The Morgan fingerprint density at radius 1 is 0.525 bits per heavy atom. The van der Waals surface area contributed by atoms with Crippen LogP contribution in [-0.2, 0) is 0 Å². The van der Waals surface area contributed by atoms with Gasteiger partial charge in [0.25, 0.3) is 0 Å². The molecule has 0 aliphatic rings. The molecule has 4 heteroatoms. The zero-order valence-corrected chi connectivity index (χ0v) is 23.7. The van der Waals surface area contributed by atoms with E-state index in [9.17, 15) is 0 Å². The maximum atomic E-state index is 5.26. The Morgan fingerprint density at radius 3 is 1.82 bits per heavy atom. The van der Waals surface area contributed by atoms with Gasteiger partial charge in [-0.2, -0.15) is 0 Å². The Morgan fingerprint density at radius 2 is 1.15 bits per heavy atom. The lowest BCUT2D eigenvalue weighted by Crippen LogP contribution is -2.37. The predicted octanol–water partition coefficient (Wildman–Crippen LogP) is 9.00. The van der Waals surface area contributed by atoms with Gasteiger partial charge >= 0.3 is 0 Å². The van der Waals surface area contributed by atoms with E-state index in [1.54, 1.807) is 0 Å². The molecule has 0 spiro atoms. The zero-order valence-electron chi connectivity index (χ0n) is 22.7. The summed E-state index contributed by atoms with van der Waals surface area (Å²) in [5.41, 5.74) is 8.33. The van der Waals surface area contributed by atoms with E-state index in [1.807, 2.05) is 0 Å². The lowest BCUT2D eigenvalue weighted by molar-refractivity contribution is 1.22. The van der Waals surface area contributed by atoms with Gasteiger partial charge in [-0.25, -0.2) is 4.98 Å². The van der Waals surface area contributed by atoms with Crippen LogP contribution in [0.2, 0.25) is 19.6 Å². The molecule has 0 bridgehead atoms. The Balaban J connectivity index is 1.46. The lowest BCUT2D eigenvalue weighted by Gasteiger charge is -2.17. The normalized spacial score (nSPS) is 12.9. The van der Waals surface area contributed by atoms with Gasteiger partial charge in [0.2, 0.25) is 5.78 Å². The van der Waals surface area contributed by atoms with Gasteiger partial charge in [-0.1, -0.05) is 97.6 Å². The molecule has 9 aromatic rings. The van der Waals surface area contributed by atoms with Crippen LogP contribution in [0.1, 0.15) is 0 Å². The van der Waals surface area contributed by atoms with Crippen molar-refractivity contribution in [2.75, 3.05) is 0 Å². The average molecular weight is 530 g/mol. The van der Waals surface area contributed by atoms with E-state index in [0.717, 1.165) is 16.8 Å². The van der Waals surface area contributed by atoms with Crippen LogP contribution in [-0.4, -0.2) is 21.9 Å². The number of imidazole rings is 2. The maximum absolute atomic E-state index is 5.26. The third-order valence-corrected chi connectivity index (χ3v) is 10.8. The summed E-state index contributed by atoms with van der Waals surface area (Å²) in [6, 6.07) is 40.5. The highest BCUT2D eigenvalue weighted by Crippen LogP contribution is 2.41. The second kappa shape index (κ2) is 7.49. The minimum absolute atomic E-state index is 0.974. The van der Waals surface area contributed by atoms with Crippen LogP contribution in [0.5, 0.6) is 0 Å². The van der Waals surface area contributed by atoms with Gasteiger partial charge < -0.3 is 0 Å². The van der Waals surface area contributed by atoms with Crippen LogP contribution in [0, 0.1) is 0 Å². The second-order valence-corrected chi connectivity index (χ2v) is 17.3. The molecule has 0 amide bonds. The molecule has 3 aromatic heterocycles. The van der Waals surface area contributed by atoms with Crippen LogP contribution in [0.3, 0.4) is 0 Å².